The molecular weight excluding hydrogens is 364 g/mol. The zero-order valence-electron chi connectivity index (χ0n) is 14.4. The number of benzene rings is 3. The van der Waals surface area contributed by atoms with Crippen molar-refractivity contribution in [1.82, 2.24) is 9.55 Å². The van der Waals surface area contributed by atoms with Crippen molar-refractivity contribution in [3.63, 3.8) is 0 Å². The number of hydrogen-bond acceptors (Lipinski definition) is 4. The summed E-state index contributed by atoms with van der Waals surface area (Å²) in [7, 11) is 0. The fraction of sp³-hybridized carbons (Fsp3) is 0.143. The first kappa shape index (κ1) is 17.5. The van der Waals surface area contributed by atoms with E-state index in [1.165, 1.54) is 10.9 Å². The summed E-state index contributed by atoms with van der Waals surface area (Å²) in [6.45, 7) is 0.146. The first-order chi connectivity index (χ1) is 13.1. The largest absolute Gasteiger partial charge is 0.490 e. The van der Waals surface area contributed by atoms with Crippen LogP contribution >= 0.6 is 11.6 Å². The second-order valence-electron chi connectivity index (χ2n) is 6.31. The summed E-state index contributed by atoms with van der Waals surface area (Å²) in [4.78, 5) is 16.8. The summed E-state index contributed by atoms with van der Waals surface area (Å²) in [5.74, 6) is 0.697. The zero-order chi connectivity index (χ0) is 18.8. The molecule has 0 saturated heterocycles. The van der Waals surface area contributed by atoms with Crippen LogP contribution in [0.5, 0.6) is 5.75 Å². The lowest BCUT2D eigenvalue weighted by atomic mass is 10.1. The predicted molar refractivity (Wildman–Crippen MR) is 106 cm³/mol. The molecule has 1 atom stereocenters. The van der Waals surface area contributed by atoms with E-state index in [-0.39, 0.29) is 18.7 Å². The van der Waals surface area contributed by atoms with Gasteiger partial charge in [0.05, 0.1) is 23.8 Å². The van der Waals surface area contributed by atoms with Gasteiger partial charge in [-0.15, -0.1) is 0 Å². The Morgan fingerprint density at radius 2 is 1.89 bits per heavy atom. The van der Waals surface area contributed by atoms with Gasteiger partial charge in [-0.05, 0) is 29.7 Å². The first-order valence-corrected chi connectivity index (χ1v) is 8.93. The summed E-state index contributed by atoms with van der Waals surface area (Å²) in [5.41, 5.74) is 0.328. The highest BCUT2D eigenvalue weighted by molar-refractivity contribution is 6.31. The lowest BCUT2D eigenvalue weighted by molar-refractivity contribution is 0.0922. The fourth-order valence-electron chi connectivity index (χ4n) is 3.05. The van der Waals surface area contributed by atoms with Gasteiger partial charge in [0.2, 0.25) is 0 Å². The van der Waals surface area contributed by atoms with Crippen LogP contribution in [0.4, 0.5) is 0 Å². The van der Waals surface area contributed by atoms with E-state index in [4.69, 9.17) is 16.3 Å². The van der Waals surface area contributed by atoms with Gasteiger partial charge in [0.25, 0.3) is 5.56 Å². The van der Waals surface area contributed by atoms with Gasteiger partial charge >= 0.3 is 0 Å². The molecule has 0 bridgehead atoms. The fourth-order valence-corrected chi connectivity index (χ4v) is 3.22. The summed E-state index contributed by atoms with van der Waals surface area (Å²) < 4.78 is 7.16. The minimum atomic E-state index is -0.861. The van der Waals surface area contributed by atoms with Crippen molar-refractivity contribution in [2.24, 2.45) is 0 Å². The minimum Gasteiger partial charge on any atom is -0.490 e. The lowest BCUT2D eigenvalue weighted by Gasteiger charge is -2.15. The topological polar surface area (TPSA) is 64.4 Å². The average Bonchev–Trinajstić information content (AvgIpc) is 2.69. The second kappa shape index (κ2) is 7.39. The second-order valence-corrected chi connectivity index (χ2v) is 6.74. The molecule has 1 unspecified atom stereocenters. The van der Waals surface area contributed by atoms with Crippen LogP contribution in [0.1, 0.15) is 0 Å². The van der Waals surface area contributed by atoms with Gasteiger partial charge in [0.15, 0.2) is 0 Å². The standard InChI is InChI=1S/C21H17ClN2O3/c22-15-8-9-19-18(10-15)21(26)24(13-23-19)11-16(25)12-27-20-7-3-5-14-4-1-2-6-17(14)20/h1-10,13,16,25H,11-12H2. The third-order valence-electron chi connectivity index (χ3n) is 4.37. The van der Waals surface area contributed by atoms with Gasteiger partial charge in [-0.2, -0.15) is 0 Å². The number of ether oxygens (including phenoxy) is 1. The van der Waals surface area contributed by atoms with Crippen molar-refractivity contribution < 1.29 is 9.84 Å². The Kier molecular flexibility index (Phi) is 4.79. The van der Waals surface area contributed by atoms with Crippen molar-refractivity contribution >= 4 is 33.3 Å². The summed E-state index contributed by atoms with van der Waals surface area (Å²) in [6.07, 6.45) is 0.569. The SMILES string of the molecule is O=c1c2cc(Cl)ccc2ncn1CC(O)COc1cccc2ccccc12. The Labute approximate surface area is 160 Å². The maximum absolute atomic E-state index is 12.6. The highest BCUT2D eigenvalue weighted by Gasteiger charge is 2.11. The molecule has 0 aliphatic rings. The van der Waals surface area contributed by atoms with Crippen LogP contribution in [-0.4, -0.2) is 27.4 Å². The molecule has 0 amide bonds. The number of aromatic nitrogens is 2. The van der Waals surface area contributed by atoms with Crippen molar-refractivity contribution in [2.45, 2.75) is 12.6 Å². The van der Waals surface area contributed by atoms with Crippen LogP contribution < -0.4 is 10.3 Å². The van der Waals surface area contributed by atoms with E-state index in [0.717, 1.165) is 10.8 Å². The van der Waals surface area contributed by atoms with E-state index in [9.17, 15) is 9.90 Å². The first-order valence-electron chi connectivity index (χ1n) is 8.55. The molecule has 0 saturated carbocycles. The van der Waals surface area contributed by atoms with Crippen molar-refractivity contribution in [1.29, 1.82) is 0 Å². The highest BCUT2D eigenvalue weighted by Crippen LogP contribution is 2.25. The van der Waals surface area contributed by atoms with Crippen LogP contribution in [0, 0.1) is 0 Å². The number of fused-ring (bicyclic) bond motifs is 2. The maximum atomic E-state index is 12.6. The van der Waals surface area contributed by atoms with Crippen LogP contribution in [0.25, 0.3) is 21.7 Å². The van der Waals surface area contributed by atoms with Crippen LogP contribution in [0.3, 0.4) is 0 Å². The average molecular weight is 381 g/mol. The van der Waals surface area contributed by atoms with E-state index in [1.54, 1.807) is 18.2 Å². The molecule has 4 aromatic rings. The third kappa shape index (κ3) is 3.65. The Morgan fingerprint density at radius 3 is 2.78 bits per heavy atom. The van der Waals surface area contributed by atoms with E-state index in [1.807, 2.05) is 42.5 Å². The van der Waals surface area contributed by atoms with Gasteiger partial charge in [-0.1, -0.05) is 48.0 Å². The minimum absolute atomic E-state index is 0.0635. The molecule has 3 aromatic carbocycles. The molecule has 1 heterocycles. The summed E-state index contributed by atoms with van der Waals surface area (Å²) in [5, 5.41) is 13.3. The van der Waals surface area contributed by atoms with E-state index in [0.29, 0.717) is 21.7 Å². The predicted octanol–water partition coefficient (Wildman–Crippen LogP) is 3.64. The van der Waals surface area contributed by atoms with Gasteiger partial charge in [0, 0.05) is 10.4 Å². The molecule has 136 valence electrons. The Balaban J connectivity index is 1.51. The Bertz CT molecular complexity index is 1170. The molecule has 0 aliphatic heterocycles. The van der Waals surface area contributed by atoms with E-state index in [2.05, 4.69) is 4.98 Å². The number of rotatable bonds is 5. The van der Waals surface area contributed by atoms with E-state index < -0.39 is 6.10 Å². The quantitative estimate of drug-likeness (QED) is 0.574. The molecule has 4 rings (SSSR count). The molecule has 27 heavy (non-hydrogen) atoms. The lowest BCUT2D eigenvalue weighted by Crippen LogP contribution is -2.30. The highest BCUT2D eigenvalue weighted by atomic mass is 35.5. The molecule has 1 aromatic heterocycles. The third-order valence-corrected chi connectivity index (χ3v) is 4.61. The summed E-state index contributed by atoms with van der Waals surface area (Å²) in [6, 6.07) is 18.6. The van der Waals surface area contributed by atoms with Crippen molar-refractivity contribution in [2.75, 3.05) is 6.61 Å². The normalized spacial score (nSPS) is 12.4. The molecule has 0 fully saturated rings. The van der Waals surface area contributed by atoms with Crippen LogP contribution in [-0.2, 0) is 6.54 Å². The molecule has 6 heteroatoms. The molecule has 1 N–H and O–H groups in total. The van der Waals surface area contributed by atoms with Gasteiger partial charge < -0.3 is 9.84 Å². The smallest absolute Gasteiger partial charge is 0.261 e. The Hall–Kier alpha value is -2.89. The molecule has 0 aliphatic carbocycles. The molecule has 0 radical (unpaired) electrons. The number of hydrogen-bond donors (Lipinski definition) is 1. The number of aliphatic hydroxyl groups is 1. The van der Waals surface area contributed by atoms with Crippen molar-refractivity contribution in [3.8, 4) is 5.75 Å². The van der Waals surface area contributed by atoms with Gasteiger partial charge in [0.1, 0.15) is 18.5 Å². The van der Waals surface area contributed by atoms with Crippen LogP contribution in [0.2, 0.25) is 5.02 Å². The Morgan fingerprint density at radius 1 is 1.07 bits per heavy atom. The van der Waals surface area contributed by atoms with Gasteiger partial charge in [-0.3, -0.25) is 9.36 Å². The molecule has 5 nitrogen and oxygen atoms in total. The van der Waals surface area contributed by atoms with Crippen LogP contribution in [0.15, 0.2) is 71.8 Å². The molecule has 0 spiro atoms. The number of nitrogens with zero attached hydrogens (tertiary/aromatic N) is 2. The van der Waals surface area contributed by atoms with E-state index >= 15 is 0 Å². The van der Waals surface area contributed by atoms with Gasteiger partial charge in [-0.25, -0.2) is 4.98 Å². The van der Waals surface area contributed by atoms with Crippen molar-refractivity contribution in [3.05, 3.63) is 82.4 Å². The number of aliphatic hydroxyl groups excluding tert-OH is 1. The zero-order valence-corrected chi connectivity index (χ0v) is 15.1. The summed E-state index contributed by atoms with van der Waals surface area (Å²) >= 11 is 5.97. The molecular formula is C21H17ClN2O3. The maximum Gasteiger partial charge on any atom is 0.261 e. The monoisotopic (exact) mass is 380 g/mol. The number of halogens is 1.